The van der Waals surface area contributed by atoms with Gasteiger partial charge in [-0.3, -0.25) is 0 Å². The molecule has 0 aromatic heterocycles. The smallest absolute Gasteiger partial charge is 0.0758 e. The van der Waals surface area contributed by atoms with Gasteiger partial charge in [0.05, 0.1) is 9.52 Å². The highest BCUT2D eigenvalue weighted by atomic mass is 28.2. The Bertz CT molecular complexity index is 440. The first-order chi connectivity index (χ1) is 8.79. The molecular formula is C17H24Si. The van der Waals surface area contributed by atoms with Crippen LogP contribution in [0, 0.1) is 0 Å². The number of rotatable bonds is 6. The summed E-state index contributed by atoms with van der Waals surface area (Å²) in [4.78, 5) is 0. The van der Waals surface area contributed by atoms with E-state index in [1.54, 1.807) is 21.5 Å². The molecule has 96 valence electrons. The van der Waals surface area contributed by atoms with Gasteiger partial charge in [-0.15, -0.1) is 0 Å². The van der Waals surface area contributed by atoms with Crippen LogP contribution in [0.4, 0.5) is 0 Å². The minimum atomic E-state index is -0.215. The summed E-state index contributed by atoms with van der Waals surface area (Å²) in [5.41, 5.74) is 3.25. The van der Waals surface area contributed by atoms with E-state index >= 15 is 0 Å². The lowest BCUT2D eigenvalue weighted by Gasteiger charge is -2.06. The van der Waals surface area contributed by atoms with E-state index in [-0.39, 0.29) is 9.52 Å². The molecule has 0 unspecified atom stereocenters. The van der Waals surface area contributed by atoms with E-state index in [4.69, 9.17) is 0 Å². The first kappa shape index (κ1) is 13.4. The minimum absolute atomic E-state index is 0.215. The van der Waals surface area contributed by atoms with Crippen LogP contribution in [0.25, 0.3) is 0 Å². The van der Waals surface area contributed by atoms with Gasteiger partial charge in [0.2, 0.25) is 0 Å². The van der Waals surface area contributed by atoms with Crippen molar-refractivity contribution in [2.24, 2.45) is 0 Å². The SMILES string of the molecule is CCCCCC1=CC(C)=C([SiH2]c2ccccc2)C1. The van der Waals surface area contributed by atoms with E-state index in [9.17, 15) is 0 Å². The molecule has 2 rings (SSSR count). The zero-order chi connectivity index (χ0) is 12.8. The van der Waals surface area contributed by atoms with Crippen molar-refractivity contribution >= 4 is 14.7 Å². The van der Waals surface area contributed by atoms with Crippen LogP contribution < -0.4 is 5.19 Å². The molecule has 0 saturated heterocycles. The molecule has 0 N–H and O–H groups in total. The fourth-order valence-electron chi connectivity index (χ4n) is 2.68. The molecule has 0 fully saturated rings. The third-order valence-corrected chi connectivity index (χ3v) is 5.89. The third-order valence-electron chi connectivity index (χ3n) is 3.78. The molecule has 0 nitrogen and oxygen atoms in total. The monoisotopic (exact) mass is 256 g/mol. The molecule has 0 spiro atoms. The second-order valence-corrected chi connectivity index (χ2v) is 7.41. The van der Waals surface area contributed by atoms with Crippen molar-refractivity contribution in [3.63, 3.8) is 0 Å². The highest BCUT2D eigenvalue weighted by Crippen LogP contribution is 2.27. The quantitative estimate of drug-likeness (QED) is 0.538. The van der Waals surface area contributed by atoms with Crippen LogP contribution in [0.5, 0.6) is 0 Å². The molecule has 18 heavy (non-hydrogen) atoms. The van der Waals surface area contributed by atoms with Gasteiger partial charge in [-0.25, -0.2) is 0 Å². The van der Waals surface area contributed by atoms with Crippen LogP contribution in [-0.2, 0) is 0 Å². The van der Waals surface area contributed by atoms with Gasteiger partial charge in [-0.05, 0) is 26.2 Å². The summed E-state index contributed by atoms with van der Waals surface area (Å²) in [7, 11) is -0.215. The predicted octanol–water partition coefficient (Wildman–Crippen LogP) is 3.67. The lowest BCUT2D eigenvalue weighted by molar-refractivity contribution is 0.708. The Morgan fingerprint density at radius 2 is 1.89 bits per heavy atom. The van der Waals surface area contributed by atoms with Crippen molar-refractivity contribution in [3.8, 4) is 0 Å². The highest BCUT2D eigenvalue weighted by Gasteiger charge is 2.13. The number of benzene rings is 1. The van der Waals surface area contributed by atoms with Crippen molar-refractivity contribution in [1.82, 2.24) is 0 Å². The lowest BCUT2D eigenvalue weighted by atomic mass is 10.1. The molecule has 1 aromatic carbocycles. The van der Waals surface area contributed by atoms with Crippen LogP contribution in [0.1, 0.15) is 46.0 Å². The average Bonchev–Trinajstić information content (AvgIpc) is 2.72. The second-order valence-electron chi connectivity index (χ2n) is 5.39. The summed E-state index contributed by atoms with van der Waals surface area (Å²) in [5.74, 6) is 0. The molecular weight excluding hydrogens is 232 g/mol. The van der Waals surface area contributed by atoms with E-state index in [0.29, 0.717) is 0 Å². The fourth-order valence-corrected chi connectivity index (χ4v) is 4.51. The van der Waals surface area contributed by atoms with Gasteiger partial charge in [0.1, 0.15) is 0 Å². The molecule has 0 atom stereocenters. The summed E-state index contributed by atoms with van der Waals surface area (Å²) < 4.78 is 0. The Kier molecular flexibility index (Phi) is 5.00. The van der Waals surface area contributed by atoms with Crippen molar-refractivity contribution in [2.75, 3.05) is 0 Å². The topological polar surface area (TPSA) is 0 Å². The highest BCUT2D eigenvalue weighted by molar-refractivity contribution is 6.61. The summed E-state index contributed by atoms with van der Waals surface area (Å²) in [6.45, 7) is 4.58. The molecule has 0 amide bonds. The van der Waals surface area contributed by atoms with Crippen molar-refractivity contribution in [2.45, 2.75) is 46.0 Å². The lowest BCUT2D eigenvalue weighted by Crippen LogP contribution is -2.15. The van der Waals surface area contributed by atoms with Crippen LogP contribution >= 0.6 is 0 Å². The summed E-state index contributed by atoms with van der Waals surface area (Å²) >= 11 is 0. The van der Waals surface area contributed by atoms with Crippen molar-refractivity contribution < 1.29 is 0 Å². The van der Waals surface area contributed by atoms with Crippen LogP contribution in [0.15, 0.2) is 52.8 Å². The Hall–Kier alpha value is -1.08. The number of hydrogen-bond acceptors (Lipinski definition) is 0. The maximum absolute atomic E-state index is 2.46. The Morgan fingerprint density at radius 3 is 2.61 bits per heavy atom. The maximum atomic E-state index is 2.46. The zero-order valence-corrected chi connectivity index (χ0v) is 13.1. The van der Waals surface area contributed by atoms with E-state index in [0.717, 1.165) is 0 Å². The largest absolute Gasteiger partial charge is 0.0831 e. The van der Waals surface area contributed by atoms with Crippen LogP contribution in [-0.4, -0.2) is 9.52 Å². The molecule has 1 aromatic rings. The van der Waals surface area contributed by atoms with Gasteiger partial charge in [-0.2, -0.15) is 0 Å². The van der Waals surface area contributed by atoms with Gasteiger partial charge >= 0.3 is 0 Å². The molecule has 1 aliphatic rings. The van der Waals surface area contributed by atoms with E-state index < -0.39 is 0 Å². The Balaban J connectivity index is 1.88. The first-order valence-corrected chi connectivity index (χ1v) is 8.63. The second kappa shape index (κ2) is 6.74. The van der Waals surface area contributed by atoms with Crippen molar-refractivity contribution in [1.29, 1.82) is 0 Å². The minimum Gasteiger partial charge on any atom is -0.0758 e. The number of allylic oxidation sites excluding steroid dienone is 4. The average molecular weight is 256 g/mol. The third kappa shape index (κ3) is 3.71. The fraction of sp³-hybridized carbons (Fsp3) is 0.412. The maximum Gasteiger partial charge on any atom is 0.0831 e. The Morgan fingerprint density at radius 1 is 1.11 bits per heavy atom. The zero-order valence-electron chi connectivity index (χ0n) is 11.7. The van der Waals surface area contributed by atoms with Crippen molar-refractivity contribution in [3.05, 3.63) is 52.8 Å². The van der Waals surface area contributed by atoms with Gasteiger partial charge < -0.3 is 0 Å². The summed E-state index contributed by atoms with van der Waals surface area (Å²) in [6.07, 6.45) is 9.12. The van der Waals surface area contributed by atoms with E-state index in [2.05, 4.69) is 50.3 Å². The Labute approximate surface area is 114 Å². The molecule has 0 aliphatic heterocycles. The van der Waals surface area contributed by atoms with Gasteiger partial charge in [-0.1, -0.05) is 77.7 Å². The van der Waals surface area contributed by atoms with Crippen LogP contribution in [0.3, 0.4) is 0 Å². The first-order valence-electron chi connectivity index (χ1n) is 7.21. The predicted molar refractivity (Wildman–Crippen MR) is 84.2 cm³/mol. The number of hydrogen-bond donors (Lipinski definition) is 0. The summed E-state index contributed by atoms with van der Waals surface area (Å²) in [6, 6.07) is 11.0. The molecule has 0 radical (unpaired) electrons. The van der Waals surface area contributed by atoms with Gasteiger partial charge in [0.15, 0.2) is 0 Å². The number of unbranched alkanes of at least 4 members (excludes halogenated alkanes) is 2. The molecule has 0 saturated carbocycles. The molecule has 0 bridgehead atoms. The molecule has 1 heteroatoms. The molecule has 1 aliphatic carbocycles. The van der Waals surface area contributed by atoms with Gasteiger partial charge in [0.25, 0.3) is 0 Å². The summed E-state index contributed by atoms with van der Waals surface area (Å²) in [5, 5.41) is 3.34. The molecule has 0 heterocycles. The van der Waals surface area contributed by atoms with Crippen LogP contribution in [0.2, 0.25) is 0 Å². The van der Waals surface area contributed by atoms with E-state index in [1.807, 2.05) is 0 Å². The van der Waals surface area contributed by atoms with Gasteiger partial charge in [0, 0.05) is 0 Å². The standard InChI is InChI=1S/C17H24Si/c1-3-4-6-9-15-12-14(2)17(13-15)18-16-10-7-5-8-11-16/h5,7-8,10-12H,3-4,6,9,13,18H2,1-2H3. The van der Waals surface area contributed by atoms with E-state index in [1.165, 1.54) is 32.1 Å². The normalized spacial score (nSPS) is 15.8.